The number of hydrogen-bond donors (Lipinski definition) is 0. The van der Waals surface area contributed by atoms with Gasteiger partial charge in [0, 0.05) is 27.3 Å². The van der Waals surface area contributed by atoms with Gasteiger partial charge in [-0.25, -0.2) is 9.97 Å². The van der Waals surface area contributed by atoms with E-state index in [1.54, 1.807) is 0 Å². The Kier molecular flexibility index (Phi) is 7.32. The normalized spacial score (nSPS) is 14.7. The highest BCUT2D eigenvalue weighted by Crippen LogP contribution is 2.53. The molecule has 8 aromatic carbocycles. The summed E-state index contributed by atoms with van der Waals surface area (Å²) >= 11 is 0. The molecule has 2 heterocycles. The fourth-order valence-electron chi connectivity index (χ4n) is 8.10. The summed E-state index contributed by atoms with van der Waals surface area (Å²) in [5, 5.41) is 6.65. The molecule has 0 amide bonds. The van der Waals surface area contributed by atoms with Crippen molar-refractivity contribution in [2.45, 2.75) is 0 Å². The Labute approximate surface area is 308 Å². The maximum atomic E-state index is 14.9. The van der Waals surface area contributed by atoms with Crippen molar-refractivity contribution >= 4 is 39.3 Å². The van der Waals surface area contributed by atoms with Crippen molar-refractivity contribution in [3.8, 4) is 67.3 Å². The van der Waals surface area contributed by atoms with Crippen LogP contribution < -0.4 is 10.6 Å². The van der Waals surface area contributed by atoms with Gasteiger partial charge in [-0.15, -0.1) is 0 Å². The summed E-state index contributed by atoms with van der Waals surface area (Å²) < 4.78 is 14.9. The highest BCUT2D eigenvalue weighted by atomic mass is 31.2. The lowest BCUT2D eigenvalue weighted by molar-refractivity contribution is 0.591. The number of nitrogens with zero attached hydrogens (tertiary/aromatic N) is 2. The second kappa shape index (κ2) is 12.4. The minimum Gasteiger partial charge on any atom is -0.314 e. The monoisotopic (exact) mass is 696 g/mol. The van der Waals surface area contributed by atoms with Gasteiger partial charge in [0.1, 0.15) is 7.14 Å². The predicted octanol–water partition coefficient (Wildman–Crippen LogP) is 12.0. The lowest BCUT2D eigenvalue weighted by Gasteiger charge is -2.18. The molecule has 0 saturated carbocycles. The van der Waals surface area contributed by atoms with Crippen LogP contribution in [0.5, 0.6) is 0 Å². The van der Waals surface area contributed by atoms with Crippen LogP contribution in [-0.4, -0.2) is 16.6 Å². The van der Waals surface area contributed by atoms with E-state index in [2.05, 4.69) is 127 Å². The molecule has 0 N–H and O–H groups in total. The third-order valence-electron chi connectivity index (χ3n) is 10.6. The fourth-order valence-corrected chi connectivity index (χ4v) is 10.7. The number of benzene rings is 8. The van der Waals surface area contributed by atoms with Gasteiger partial charge >= 0.3 is 0 Å². The first kappa shape index (κ1) is 31.3. The zero-order valence-corrected chi connectivity index (χ0v) is 30.0. The molecule has 9 aromatic rings. The van der Waals surface area contributed by atoms with Gasteiger partial charge in [0.15, 0.2) is 5.82 Å². The topological polar surface area (TPSA) is 42.9 Å². The van der Waals surface area contributed by atoms with Crippen LogP contribution in [0.15, 0.2) is 182 Å². The van der Waals surface area contributed by atoms with E-state index in [4.69, 9.17) is 9.97 Å². The molecular formula is C49H33N2OP. The lowest BCUT2D eigenvalue weighted by atomic mass is 9.89. The average Bonchev–Trinajstić information content (AvgIpc) is 3.47. The molecule has 0 radical (unpaired) electrons. The van der Waals surface area contributed by atoms with Crippen molar-refractivity contribution in [3.63, 3.8) is 0 Å². The van der Waals surface area contributed by atoms with E-state index in [1.165, 1.54) is 21.5 Å². The van der Waals surface area contributed by atoms with Crippen LogP contribution in [-0.2, 0) is 4.57 Å². The third-order valence-corrected chi connectivity index (χ3v) is 13.2. The van der Waals surface area contributed by atoms with Gasteiger partial charge < -0.3 is 4.57 Å². The van der Waals surface area contributed by atoms with E-state index in [-0.39, 0.29) is 0 Å². The molecule has 10 rings (SSSR count). The molecule has 1 atom stereocenters. The molecule has 1 aliphatic heterocycles. The van der Waals surface area contributed by atoms with Crippen LogP contribution >= 0.6 is 7.14 Å². The summed E-state index contributed by atoms with van der Waals surface area (Å²) in [6.07, 6.45) is 0. The first-order valence-corrected chi connectivity index (χ1v) is 20.1. The highest BCUT2D eigenvalue weighted by molar-refractivity contribution is 7.79. The molecule has 1 aromatic heterocycles. The van der Waals surface area contributed by atoms with E-state index in [9.17, 15) is 4.57 Å². The molecule has 1 unspecified atom stereocenters. The lowest BCUT2D eigenvalue weighted by Crippen LogP contribution is -2.11. The maximum absolute atomic E-state index is 14.9. The molecule has 0 aliphatic carbocycles. The van der Waals surface area contributed by atoms with Gasteiger partial charge in [-0.3, -0.25) is 0 Å². The van der Waals surface area contributed by atoms with Crippen LogP contribution in [0.4, 0.5) is 0 Å². The van der Waals surface area contributed by atoms with E-state index in [1.807, 2.05) is 61.3 Å². The van der Waals surface area contributed by atoms with E-state index < -0.39 is 7.14 Å². The van der Waals surface area contributed by atoms with Crippen molar-refractivity contribution in [2.75, 3.05) is 6.66 Å². The molecule has 250 valence electrons. The van der Waals surface area contributed by atoms with Crippen LogP contribution in [0.2, 0.25) is 0 Å². The van der Waals surface area contributed by atoms with Gasteiger partial charge in [0.25, 0.3) is 0 Å². The van der Waals surface area contributed by atoms with Crippen molar-refractivity contribution in [1.82, 2.24) is 9.97 Å². The fraction of sp³-hybridized carbons (Fsp3) is 0.0204. The van der Waals surface area contributed by atoms with E-state index in [0.717, 1.165) is 72.1 Å². The molecule has 0 fully saturated rings. The minimum atomic E-state index is -2.89. The second-order valence-electron chi connectivity index (χ2n) is 13.8. The highest BCUT2D eigenvalue weighted by Gasteiger charge is 2.36. The molecule has 0 bridgehead atoms. The number of aromatic nitrogens is 2. The maximum Gasteiger partial charge on any atom is 0.160 e. The van der Waals surface area contributed by atoms with Crippen molar-refractivity contribution in [2.24, 2.45) is 0 Å². The smallest absolute Gasteiger partial charge is 0.160 e. The first-order valence-electron chi connectivity index (χ1n) is 17.9. The summed E-state index contributed by atoms with van der Waals surface area (Å²) in [5.74, 6) is 0.666. The Balaban J connectivity index is 1.28. The summed E-state index contributed by atoms with van der Waals surface area (Å²) in [5.41, 5.74) is 10.9. The van der Waals surface area contributed by atoms with Crippen molar-refractivity contribution in [3.05, 3.63) is 182 Å². The van der Waals surface area contributed by atoms with Crippen LogP contribution in [0, 0.1) is 0 Å². The summed E-state index contributed by atoms with van der Waals surface area (Å²) in [7, 11) is -2.89. The molecule has 3 nitrogen and oxygen atoms in total. The Hall–Kier alpha value is -6.41. The van der Waals surface area contributed by atoms with Crippen LogP contribution in [0.25, 0.3) is 88.8 Å². The zero-order chi connectivity index (χ0) is 35.5. The standard InChI is InChI=1S/C49H33N2OP/c1-53(52)47-26-13-12-23-42(47)43-25-14-24-39(48(43)53)35-27-36(44-30-34-19-8-9-20-38(34)40-21-10-11-22-41(40)44)29-37(28-35)46-31-45(32-15-4-2-5-16-32)50-49(51-46)33-17-6-3-7-18-33/h2-31H,1H3. The molecule has 1 aliphatic rings. The van der Waals surface area contributed by atoms with E-state index >= 15 is 0 Å². The number of fused-ring (bicyclic) bond motifs is 6. The summed E-state index contributed by atoms with van der Waals surface area (Å²) in [4.78, 5) is 10.3. The minimum absolute atomic E-state index is 0.666. The van der Waals surface area contributed by atoms with Crippen LogP contribution in [0.1, 0.15) is 0 Å². The van der Waals surface area contributed by atoms with Gasteiger partial charge in [0.2, 0.25) is 0 Å². The summed E-state index contributed by atoms with van der Waals surface area (Å²) in [6.45, 7) is 1.92. The molecule has 53 heavy (non-hydrogen) atoms. The second-order valence-corrected chi connectivity index (χ2v) is 16.6. The summed E-state index contributed by atoms with van der Waals surface area (Å²) in [6, 6.07) is 63.4. The van der Waals surface area contributed by atoms with E-state index in [0.29, 0.717) is 5.82 Å². The number of hydrogen-bond acceptors (Lipinski definition) is 3. The van der Waals surface area contributed by atoms with Gasteiger partial charge in [0.05, 0.1) is 11.4 Å². The van der Waals surface area contributed by atoms with Gasteiger partial charge in [-0.05, 0) is 91.9 Å². The quantitative estimate of drug-likeness (QED) is 0.133. The largest absolute Gasteiger partial charge is 0.314 e. The number of rotatable bonds is 5. The Morgan fingerprint density at radius 3 is 1.72 bits per heavy atom. The third kappa shape index (κ3) is 5.24. The first-order chi connectivity index (χ1) is 26.0. The molecule has 0 saturated heterocycles. The Morgan fingerprint density at radius 2 is 0.943 bits per heavy atom. The SMILES string of the molecule is CP1(=O)c2ccccc2-c2cccc(-c3cc(-c4cc(-c5ccccc5)nc(-c5ccccc5)n4)cc(-c4cc5ccccc5c5ccccc45)c3)c21. The van der Waals surface area contributed by atoms with Crippen molar-refractivity contribution in [1.29, 1.82) is 0 Å². The van der Waals surface area contributed by atoms with Crippen molar-refractivity contribution < 1.29 is 4.57 Å². The Morgan fingerprint density at radius 1 is 0.396 bits per heavy atom. The van der Waals surface area contributed by atoms with Gasteiger partial charge in [-0.2, -0.15) is 0 Å². The molecule has 0 spiro atoms. The molecular weight excluding hydrogens is 664 g/mol. The van der Waals surface area contributed by atoms with Gasteiger partial charge in [-0.1, -0.05) is 152 Å². The Bertz CT molecular complexity index is 2880. The van der Waals surface area contributed by atoms with Crippen LogP contribution in [0.3, 0.4) is 0 Å². The predicted molar refractivity (Wildman–Crippen MR) is 222 cm³/mol. The molecule has 4 heteroatoms. The average molecular weight is 697 g/mol. The zero-order valence-electron chi connectivity index (χ0n) is 29.1.